The average molecular weight is 270 g/mol. The van der Waals surface area contributed by atoms with Crippen LogP contribution < -0.4 is 5.32 Å². The van der Waals surface area contributed by atoms with Crippen molar-refractivity contribution in [1.82, 2.24) is 5.32 Å². The largest absolute Gasteiger partial charge is 0.310 e. The Hall–Kier alpha value is -0.600. The van der Waals surface area contributed by atoms with Crippen LogP contribution in [0.25, 0.3) is 0 Å². The van der Waals surface area contributed by atoms with Crippen LogP contribution in [0.2, 0.25) is 5.02 Å². The molecular weight excluding hydrogens is 249 g/mol. The molecule has 1 nitrogen and oxygen atoms in total. The summed E-state index contributed by atoms with van der Waals surface area (Å²) in [4.78, 5) is 0. The minimum absolute atomic E-state index is 0.196. The van der Waals surface area contributed by atoms with Gasteiger partial charge < -0.3 is 5.32 Å². The molecule has 0 bridgehead atoms. The van der Waals surface area contributed by atoms with Crippen molar-refractivity contribution in [1.29, 1.82) is 0 Å². The third-order valence-corrected chi connectivity index (χ3v) is 4.14. The molecule has 0 spiro atoms. The van der Waals surface area contributed by atoms with Gasteiger partial charge in [-0.05, 0) is 42.9 Å². The van der Waals surface area contributed by atoms with Crippen LogP contribution in [0.15, 0.2) is 18.2 Å². The first-order valence-corrected chi connectivity index (χ1v) is 7.20. The van der Waals surface area contributed by atoms with E-state index in [0.717, 1.165) is 18.0 Å². The summed E-state index contributed by atoms with van der Waals surface area (Å²) in [6, 6.07) is 5.61. The van der Waals surface area contributed by atoms with Crippen LogP contribution in [0.1, 0.15) is 44.6 Å². The summed E-state index contributed by atoms with van der Waals surface area (Å²) in [5.74, 6) is 0.523. The first-order valence-electron chi connectivity index (χ1n) is 6.82. The molecule has 2 rings (SSSR count). The maximum absolute atomic E-state index is 13.3. The minimum Gasteiger partial charge on any atom is -0.310 e. The van der Waals surface area contributed by atoms with E-state index in [1.165, 1.54) is 38.2 Å². The van der Waals surface area contributed by atoms with Crippen LogP contribution in [0, 0.1) is 11.7 Å². The van der Waals surface area contributed by atoms with Gasteiger partial charge in [0.15, 0.2) is 0 Å². The van der Waals surface area contributed by atoms with Crippen molar-refractivity contribution in [2.24, 2.45) is 5.92 Å². The molecule has 1 fully saturated rings. The molecule has 100 valence electrons. The van der Waals surface area contributed by atoms with Crippen LogP contribution in [0.3, 0.4) is 0 Å². The SMILES string of the molecule is CC1CCCC(NCc2ccc(Cl)c(F)c2)CC1. The Morgan fingerprint density at radius 2 is 2.11 bits per heavy atom. The molecule has 0 saturated heterocycles. The van der Waals surface area contributed by atoms with Gasteiger partial charge in [-0.2, -0.15) is 0 Å². The molecule has 0 heterocycles. The first-order chi connectivity index (χ1) is 8.65. The van der Waals surface area contributed by atoms with Crippen LogP contribution in [-0.2, 0) is 6.54 Å². The lowest BCUT2D eigenvalue weighted by molar-refractivity contribution is 0.447. The Labute approximate surface area is 114 Å². The van der Waals surface area contributed by atoms with Crippen LogP contribution in [0.5, 0.6) is 0 Å². The van der Waals surface area contributed by atoms with Gasteiger partial charge in [0.25, 0.3) is 0 Å². The van der Waals surface area contributed by atoms with E-state index in [0.29, 0.717) is 6.04 Å². The second-order valence-corrected chi connectivity index (χ2v) is 5.85. The van der Waals surface area contributed by atoms with Gasteiger partial charge in [0.2, 0.25) is 0 Å². The van der Waals surface area contributed by atoms with Crippen molar-refractivity contribution in [3.63, 3.8) is 0 Å². The summed E-state index contributed by atoms with van der Waals surface area (Å²) in [6.07, 6.45) is 6.41. The Morgan fingerprint density at radius 3 is 2.89 bits per heavy atom. The van der Waals surface area contributed by atoms with Crippen molar-refractivity contribution in [2.75, 3.05) is 0 Å². The highest BCUT2D eigenvalue weighted by atomic mass is 35.5. The summed E-state index contributed by atoms with van der Waals surface area (Å²) in [5.41, 5.74) is 0.967. The molecule has 1 aromatic rings. The molecule has 1 N–H and O–H groups in total. The number of rotatable bonds is 3. The molecule has 1 aliphatic carbocycles. The smallest absolute Gasteiger partial charge is 0.142 e. The monoisotopic (exact) mass is 269 g/mol. The van der Waals surface area contributed by atoms with E-state index in [9.17, 15) is 4.39 Å². The molecule has 0 aliphatic heterocycles. The summed E-state index contributed by atoms with van der Waals surface area (Å²) in [7, 11) is 0. The highest BCUT2D eigenvalue weighted by Gasteiger charge is 2.15. The Morgan fingerprint density at radius 1 is 1.28 bits per heavy atom. The predicted molar refractivity (Wildman–Crippen MR) is 74.3 cm³/mol. The van der Waals surface area contributed by atoms with Crippen molar-refractivity contribution >= 4 is 11.6 Å². The minimum atomic E-state index is -0.328. The van der Waals surface area contributed by atoms with Gasteiger partial charge in [0.05, 0.1) is 5.02 Å². The Kier molecular flexibility index (Phi) is 5.02. The average Bonchev–Trinajstić information content (AvgIpc) is 2.56. The fourth-order valence-electron chi connectivity index (χ4n) is 2.60. The molecule has 3 heteroatoms. The number of benzene rings is 1. The molecular formula is C15H21ClFN. The summed E-state index contributed by atoms with van der Waals surface area (Å²) in [6.45, 7) is 3.06. The van der Waals surface area contributed by atoms with Gasteiger partial charge in [-0.25, -0.2) is 4.39 Å². The van der Waals surface area contributed by atoms with Crippen LogP contribution in [-0.4, -0.2) is 6.04 Å². The molecule has 18 heavy (non-hydrogen) atoms. The fourth-order valence-corrected chi connectivity index (χ4v) is 2.72. The zero-order valence-corrected chi connectivity index (χ0v) is 11.6. The zero-order valence-electron chi connectivity index (χ0n) is 10.9. The van der Waals surface area contributed by atoms with Crippen molar-refractivity contribution in [3.8, 4) is 0 Å². The van der Waals surface area contributed by atoms with Gasteiger partial charge in [-0.1, -0.05) is 37.4 Å². The van der Waals surface area contributed by atoms with Crippen LogP contribution >= 0.6 is 11.6 Å². The second kappa shape index (κ2) is 6.53. The van der Waals surface area contributed by atoms with E-state index in [1.54, 1.807) is 6.07 Å². The topological polar surface area (TPSA) is 12.0 Å². The summed E-state index contributed by atoms with van der Waals surface area (Å²) >= 11 is 5.67. The zero-order chi connectivity index (χ0) is 13.0. The Balaban J connectivity index is 1.85. The molecule has 2 atom stereocenters. The van der Waals surface area contributed by atoms with Crippen molar-refractivity contribution in [3.05, 3.63) is 34.6 Å². The van der Waals surface area contributed by atoms with E-state index in [4.69, 9.17) is 11.6 Å². The third-order valence-electron chi connectivity index (χ3n) is 3.84. The lowest BCUT2D eigenvalue weighted by Gasteiger charge is -2.16. The second-order valence-electron chi connectivity index (χ2n) is 5.44. The third kappa shape index (κ3) is 3.96. The molecule has 0 aromatic heterocycles. The fraction of sp³-hybridized carbons (Fsp3) is 0.600. The maximum Gasteiger partial charge on any atom is 0.142 e. The number of hydrogen-bond donors (Lipinski definition) is 1. The van der Waals surface area contributed by atoms with E-state index < -0.39 is 0 Å². The van der Waals surface area contributed by atoms with E-state index in [-0.39, 0.29) is 10.8 Å². The molecule has 0 radical (unpaired) electrons. The number of nitrogens with one attached hydrogen (secondary N) is 1. The van der Waals surface area contributed by atoms with Gasteiger partial charge in [-0.15, -0.1) is 0 Å². The number of halogens is 2. The lowest BCUT2D eigenvalue weighted by atomic mass is 10.0. The van der Waals surface area contributed by atoms with E-state index in [1.807, 2.05) is 6.07 Å². The molecule has 1 aliphatic rings. The quantitative estimate of drug-likeness (QED) is 0.795. The van der Waals surface area contributed by atoms with Crippen LogP contribution in [0.4, 0.5) is 4.39 Å². The normalized spacial score (nSPS) is 24.8. The highest BCUT2D eigenvalue weighted by Crippen LogP contribution is 2.23. The molecule has 1 aromatic carbocycles. The molecule has 0 amide bonds. The maximum atomic E-state index is 13.3. The molecule has 2 unspecified atom stereocenters. The van der Waals surface area contributed by atoms with E-state index >= 15 is 0 Å². The standard InChI is InChI=1S/C15H21ClFN/c1-11-3-2-4-13(7-5-11)18-10-12-6-8-14(16)15(17)9-12/h6,8-9,11,13,18H,2-5,7,10H2,1H3. The summed E-state index contributed by atoms with van der Waals surface area (Å²) in [5, 5.41) is 3.73. The van der Waals surface area contributed by atoms with E-state index in [2.05, 4.69) is 12.2 Å². The van der Waals surface area contributed by atoms with Crippen molar-refractivity contribution < 1.29 is 4.39 Å². The van der Waals surface area contributed by atoms with Gasteiger partial charge in [0, 0.05) is 12.6 Å². The van der Waals surface area contributed by atoms with Crippen molar-refractivity contribution in [2.45, 2.75) is 51.6 Å². The highest BCUT2D eigenvalue weighted by molar-refractivity contribution is 6.30. The number of hydrogen-bond acceptors (Lipinski definition) is 1. The van der Waals surface area contributed by atoms with Gasteiger partial charge in [-0.3, -0.25) is 0 Å². The lowest BCUT2D eigenvalue weighted by Crippen LogP contribution is -2.28. The summed E-state index contributed by atoms with van der Waals surface area (Å²) < 4.78 is 13.3. The van der Waals surface area contributed by atoms with Gasteiger partial charge >= 0.3 is 0 Å². The van der Waals surface area contributed by atoms with Gasteiger partial charge in [0.1, 0.15) is 5.82 Å². The molecule has 1 saturated carbocycles. The Bertz CT molecular complexity index is 394. The first kappa shape index (κ1) is 13.8. The predicted octanol–water partition coefficient (Wildman–Crippen LogP) is 4.54.